The molecule has 1 aromatic rings. The van der Waals surface area contributed by atoms with Crippen LogP contribution < -0.4 is 15.8 Å². The Morgan fingerprint density at radius 3 is 2.45 bits per heavy atom. The Kier molecular flexibility index (Phi) is 9.86. The number of rotatable bonds is 8. The number of hydrogen-bond donors (Lipinski definition) is 2. The third kappa shape index (κ3) is 7.14. The van der Waals surface area contributed by atoms with Crippen LogP contribution in [0.15, 0.2) is 24.3 Å². The van der Waals surface area contributed by atoms with Crippen molar-refractivity contribution in [3.8, 4) is 5.75 Å². The molecule has 1 aromatic carbocycles. The molecule has 4 nitrogen and oxygen atoms in total. The summed E-state index contributed by atoms with van der Waals surface area (Å²) in [6.45, 7) is 9.29. The molecule has 0 heterocycles. The lowest BCUT2D eigenvalue weighted by atomic mass is 10.0. The summed E-state index contributed by atoms with van der Waals surface area (Å²) in [7, 11) is 0. The van der Waals surface area contributed by atoms with Gasteiger partial charge in [-0.2, -0.15) is 0 Å². The first-order chi connectivity index (χ1) is 9.91. The van der Waals surface area contributed by atoms with E-state index in [2.05, 4.69) is 39.1 Å². The topological polar surface area (TPSA) is 64.4 Å². The molecule has 0 spiro atoms. The minimum absolute atomic E-state index is 0. The summed E-state index contributed by atoms with van der Waals surface area (Å²) in [5.41, 5.74) is 7.00. The Labute approximate surface area is 140 Å². The quantitative estimate of drug-likeness (QED) is 0.721. The molecule has 0 bridgehead atoms. The normalized spacial score (nSPS) is 12.0. The van der Waals surface area contributed by atoms with Crippen LogP contribution in [0.4, 0.5) is 0 Å². The highest BCUT2D eigenvalue weighted by atomic mass is 35.5. The van der Waals surface area contributed by atoms with Gasteiger partial charge in [0.2, 0.25) is 5.91 Å². The van der Waals surface area contributed by atoms with Crippen LogP contribution in [-0.2, 0) is 4.79 Å². The zero-order valence-electron chi connectivity index (χ0n) is 14.0. The minimum Gasteiger partial charge on any atom is -0.491 e. The van der Waals surface area contributed by atoms with Gasteiger partial charge in [-0.3, -0.25) is 4.79 Å². The maximum absolute atomic E-state index is 11.8. The van der Waals surface area contributed by atoms with E-state index in [4.69, 9.17) is 10.5 Å². The largest absolute Gasteiger partial charge is 0.491 e. The van der Waals surface area contributed by atoms with Gasteiger partial charge in [-0.1, -0.05) is 45.9 Å². The van der Waals surface area contributed by atoms with Crippen molar-refractivity contribution in [1.82, 2.24) is 5.32 Å². The summed E-state index contributed by atoms with van der Waals surface area (Å²) < 4.78 is 5.75. The minimum atomic E-state index is -0.437. The molecule has 0 saturated heterocycles. The van der Waals surface area contributed by atoms with Crippen molar-refractivity contribution in [1.29, 1.82) is 0 Å². The number of carbonyl (C=O) groups excluding carboxylic acids is 1. The summed E-state index contributed by atoms with van der Waals surface area (Å²) in [6, 6.07) is 7.56. The summed E-state index contributed by atoms with van der Waals surface area (Å²) in [6.07, 6.45) is 0.697. The van der Waals surface area contributed by atoms with Gasteiger partial charge in [-0.25, -0.2) is 0 Å². The lowest BCUT2D eigenvalue weighted by Gasteiger charge is -2.16. The molecule has 3 N–H and O–H groups in total. The second-order valence-corrected chi connectivity index (χ2v) is 6.07. The molecule has 0 radical (unpaired) electrons. The number of nitrogens with one attached hydrogen (secondary N) is 1. The van der Waals surface area contributed by atoms with E-state index in [0.717, 1.165) is 5.75 Å². The Morgan fingerprint density at radius 1 is 1.23 bits per heavy atom. The van der Waals surface area contributed by atoms with E-state index in [-0.39, 0.29) is 18.3 Å². The van der Waals surface area contributed by atoms with Crippen LogP contribution in [0.2, 0.25) is 0 Å². The number of amides is 1. The van der Waals surface area contributed by atoms with Crippen LogP contribution in [0.3, 0.4) is 0 Å². The highest BCUT2D eigenvalue weighted by molar-refractivity contribution is 5.85. The highest BCUT2D eigenvalue weighted by Gasteiger charge is 2.14. The van der Waals surface area contributed by atoms with E-state index in [0.29, 0.717) is 31.4 Å². The average Bonchev–Trinajstić information content (AvgIpc) is 2.42. The van der Waals surface area contributed by atoms with Gasteiger partial charge in [0.15, 0.2) is 0 Å². The van der Waals surface area contributed by atoms with Crippen LogP contribution in [0.5, 0.6) is 5.75 Å². The van der Waals surface area contributed by atoms with Crippen molar-refractivity contribution >= 4 is 18.3 Å². The van der Waals surface area contributed by atoms with Crippen molar-refractivity contribution in [2.45, 2.75) is 46.1 Å². The third-order valence-corrected chi connectivity index (χ3v) is 3.26. The highest BCUT2D eigenvalue weighted by Crippen LogP contribution is 2.25. The van der Waals surface area contributed by atoms with Gasteiger partial charge in [0.05, 0.1) is 12.6 Å². The van der Waals surface area contributed by atoms with Gasteiger partial charge in [0, 0.05) is 0 Å². The van der Waals surface area contributed by atoms with Crippen molar-refractivity contribution in [2.75, 3.05) is 13.2 Å². The summed E-state index contributed by atoms with van der Waals surface area (Å²) in [5.74, 6) is 1.60. The van der Waals surface area contributed by atoms with E-state index in [9.17, 15) is 4.79 Å². The van der Waals surface area contributed by atoms with E-state index < -0.39 is 6.04 Å². The molecule has 0 aliphatic carbocycles. The molecule has 5 heteroatoms. The standard InChI is InChI=1S/C17H28N2O2.ClH/c1-12(2)11-15(18)17(20)19-9-10-21-16-8-6-5-7-14(16)13(3)4;/h5-8,12-13,15H,9-11,18H2,1-4H3,(H,19,20);1H/t15-;/m0./s1. The molecule has 22 heavy (non-hydrogen) atoms. The lowest BCUT2D eigenvalue weighted by molar-refractivity contribution is -0.122. The maximum Gasteiger partial charge on any atom is 0.237 e. The third-order valence-electron chi connectivity index (χ3n) is 3.26. The SMILES string of the molecule is CC(C)C[C@H](N)C(=O)NCCOc1ccccc1C(C)C.Cl. The molecule has 0 aromatic heterocycles. The lowest BCUT2D eigenvalue weighted by Crippen LogP contribution is -2.42. The molecular weight excluding hydrogens is 300 g/mol. The molecular formula is C17H29ClN2O2. The van der Waals surface area contributed by atoms with E-state index in [1.807, 2.05) is 18.2 Å². The van der Waals surface area contributed by atoms with Crippen LogP contribution in [0.1, 0.15) is 45.6 Å². The van der Waals surface area contributed by atoms with Crippen LogP contribution in [0, 0.1) is 5.92 Å². The summed E-state index contributed by atoms with van der Waals surface area (Å²) in [5, 5.41) is 2.82. The average molecular weight is 329 g/mol. The molecule has 0 saturated carbocycles. The number of halogens is 1. The Hall–Kier alpha value is -1.26. The van der Waals surface area contributed by atoms with Gasteiger partial charge < -0.3 is 15.8 Å². The number of nitrogens with two attached hydrogens (primary N) is 1. The molecule has 0 aliphatic heterocycles. The van der Waals surface area contributed by atoms with Crippen molar-refractivity contribution in [2.24, 2.45) is 11.7 Å². The van der Waals surface area contributed by atoms with E-state index in [1.54, 1.807) is 0 Å². The van der Waals surface area contributed by atoms with E-state index in [1.165, 1.54) is 5.56 Å². The summed E-state index contributed by atoms with van der Waals surface area (Å²) in [4.78, 5) is 11.8. The molecule has 0 unspecified atom stereocenters. The number of carbonyl (C=O) groups is 1. The number of benzene rings is 1. The Morgan fingerprint density at radius 2 is 1.86 bits per heavy atom. The second-order valence-electron chi connectivity index (χ2n) is 6.07. The zero-order valence-corrected chi connectivity index (χ0v) is 14.8. The van der Waals surface area contributed by atoms with Gasteiger partial charge >= 0.3 is 0 Å². The predicted octanol–water partition coefficient (Wildman–Crippen LogP) is 3.10. The molecule has 126 valence electrons. The molecule has 0 fully saturated rings. The van der Waals surface area contributed by atoms with E-state index >= 15 is 0 Å². The fourth-order valence-corrected chi connectivity index (χ4v) is 2.17. The summed E-state index contributed by atoms with van der Waals surface area (Å²) >= 11 is 0. The predicted molar refractivity (Wildman–Crippen MR) is 93.7 cm³/mol. The van der Waals surface area contributed by atoms with Crippen LogP contribution >= 0.6 is 12.4 Å². The molecule has 0 aliphatic rings. The molecule has 1 atom stereocenters. The Bertz CT molecular complexity index is 450. The van der Waals surface area contributed by atoms with Crippen molar-refractivity contribution < 1.29 is 9.53 Å². The second kappa shape index (κ2) is 10.5. The zero-order chi connectivity index (χ0) is 15.8. The van der Waals surface area contributed by atoms with Gasteiger partial charge in [-0.15, -0.1) is 12.4 Å². The Balaban J connectivity index is 0.00000441. The number of hydrogen-bond acceptors (Lipinski definition) is 3. The fraction of sp³-hybridized carbons (Fsp3) is 0.588. The first kappa shape index (κ1) is 20.7. The van der Waals surface area contributed by atoms with Gasteiger partial charge in [0.1, 0.15) is 12.4 Å². The number of para-hydroxylation sites is 1. The fourth-order valence-electron chi connectivity index (χ4n) is 2.17. The maximum atomic E-state index is 11.8. The smallest absolute Gasteiger partial charge is 0.237 e. The van der Waals surface area contributed by atoms with Crippen molar-refractivity contribution in [3.63, 3.8) is 0 Å². The molecule has 1 amide bonds. The first-order valence-electron chi connectivity index (χ1n) is 7.66. The monoisotopic (exact) mass is 328 g/mol. The molecule has 1 rings (SSSR count). The van der Waals surface area contributed by atoms with Crippen molar-refractivity contribution in [3.05, 3.63) is 29.8 Å². The van der Waals surface area contributed by atoms with Crippen LogP contribution in [0.25, 0.3) is 0 Å². The number of ether oxygens (including phenoxy) is 1. The van der Waals surface area contributed by atoms with Gasteiger partial charge in [-0.05, 0) is 29.9 Å². The first-order valence-corrected chi connectivity index (χ1v) is 7.66. The van der Waals surface area contributed by atoms with Gasteiger partial charge in [0.25, 0.3) is 0 Å². The van der Waals surface area contributed by atoms with Crippen LogP contribution in [-0.4, -0.2) is 25.1 Å².